The van der Waals surface area contributed by atoms with E-state index in [1.807, 2.05) is 36.4 Å². The lowest BCUT2D eigenvalue weighted by Crippen LogP contribution is -2.36. The highest BCUT2D eigenvalue weighted by molar-refractivity contribution is 5.62. The second kappa shape index (κ2) is 8.18. The van der Waals surface area contributed by atoms with Crippen LogP contribution in [0.25, 0.3) is 11.4 Å². The predicted molar refractivity (Wildman–Crippen MR) is 109 cm³/mol. The summed E-state index contributed by atoms with van der Waals surface area (Å²) >= 11 is 0. The number of nitrogens with zero attached hydrogens (tertiary/aromatic N) is 3. The molecule has 3 aromatic rings. The normalized spacial score (nSPS) is 14.2. The van der Waals surface area contributed by atoms with Gasteiger partial charge in [0.25, 0.3) is 0 Å². The van der Waals surface area contributed by atoms with Crippen molar-refractivity contribution in [3.8, 4) is 11.4 Å². The molecule has 1 saturated heterocycles. The first-order valence-electron chi connectivity index (χ1n) is 9.34. The third-order valence-corrected chi connectivity index (χ3v) is 4.67. The number of rotatable bonds is 5. The van der Waals surface area contributed by atoms with E-state index >= 15 is 0 Å². The van der Waals surface area contributed by atoms with Gasteiger partial charge in [-0.1, -0.05) is 60.2 Å². The molecule has 4 rings (SSSR count). The van der Waals surface area contributed by atoms with Crippen molar-refractivity contribution in [2.75, 3.05) is 36.5 Å². The molecule has 1 aliphatic rings. The summed E-state index contributed by atoms with van der Waals surface area (Å²) < 4.78 is 5.48. The van der Waals surface area contributed by atoms with Gasteiger partial charge in [0.2, 0.25) is 0 Å². The Labute approximate surface area is 160 Å². The third-order valence-electron chi connectivity index (χ3n) is 4.67. The lowest BCUT2D eigenvalue weighted by atomic mass is 10.1. The van der Waals surface area contributed by atoms with Crippen molar-refractivity contribution in [3.05, 3.63) is 71.8 Å². The van der Waals surface area contributed by atoms with Gasteiger partial charge in [0.05, 0.1) is 13.2 Å². The van der Waals surface area contributed by atoms with Crippen LogP contribution >= 0.6 is 0 Å². The smallest absolute Gasteiger partial charge is 0.163 e. The summed E-state index contributed by atoms with van der Waals surface area (Å²) in [6.45, 7) is 6.00. The fraction of sp³-hybridized carbons (Fsp3) is 0.273. The lowest BCUT2D eigenvalue weighted by molar-refractivity contribution is 0.122. The molecule has 0 aliphatic carbocycles. The molecule has 2 aromatic carbocycles. The molecule has 0 spiro atoms. The first-order valence-corrected chi connectivity index (χ1v) is 9.34. The molecule has 0 unspecified atom stereocenters. The van der Waals surface area contributed by atoms with E-state index in [1.54, 1.807) is 0 Å². The first-order chi connectivity index (χ1) is 13.3. The van der Waals surface area contributed by atoms with E-state index in [2.05, 4.69) is 41.4 Å². The van der Waals surface area contributed by atoms with Gasteiger partial charge in [-0.3, -0.25) is 0 Å². The van der Waals surface area contributed by atoms with Gasteiger partial charge < -0.3 is 15.0 Å². The van der Waals surface area contributed by atoms with Crippen molar-refractivity contribution in [2.24, 2.45) is 0 Å². The quantitative estimate of drug-likeness (QED) is 0.748. The number of morpholine rings is 1. The minimum atomic E-state index is 0.730. The van der Waals surface area contributed by atoms with Gasteiger partial charge in [0.15, 0.2) is 5.82 Å². The lowest BCUT2D eigenvalue weighted by Gasteiger charge is -2.28. The zero-order valence-electron chi connectivity index (χ0n) is 15.6. The highest BCUT2D eigenvalue weighted by atomic mass is 16.5. The van der Waals surface area contributed by atoms with Crippen molar-refractivity contribution in [2.45, 2.75) is 13.5 Å². The number of benzene rings is 2. The standard InChI is InChI=1S/C22H24N4O/c1-17-7-9-18(10-8-17)16-23-20-15-21(26-11-13-27-14-12-26)25-22(24-20)19-5-3-2-4-6-19/h2-10,15H,11-14,16H2,1H3,(H,23,24,25). The van der Waals surface area contributed by atoms with Crippen LogP contribution in [0.3, 0.4) is 0 Å². The summed E-state index contributed by atoms with van der Waals surface area (Å²) in [5.41, 5.74) is 3.51. The van der Waals surface area contributed by atoms with Crippen LogP contribution in [0, 0.1) is 6.92 Å². The van der Waals surface area contributed by atoms with E-state index in [1.165, 1.54) is 11.1 Å². The highest BCUT2D eigenvalue weighted by Gasteiger charge is 2.15. The van der Waals surface area contributed by atoms with Crippen molar-refractivity contribution >= 4 is 11.6 Å². The Kier molecular flexibility index (Phi) is 5.30. The summed E-state index contributed by atoms with van der Waals surface area (Å²) in [7, 11) is 0. The molecule has 1 fully saturated rings. The van der Waals surface area contributed by atoms with Crippen molar-refractivity contribution in [1.29, 1.82) is 0 Å². The number of hydrogen-bond acceptors (Lipinski definition) is 5. The largest absolute Gasteiger partial charge is 0.378 e. The van der Waals surface area contributed by atoms with Crippen LogP contribution in [0.2, 0.25) is 0 Å². The Morgan fingerprint density at radius 2 is 1.70 bits per heavy atom. The maximum Gasteiger partial charge on any atom is 0.163 e. The highest BCUT2D eigenvalue weighted by Crippen LogP contribution is 2.23. The minimum Gasteiger partial charge on any atom is -0.378 e. The number of hydrogen-bond donors (Lipinski definition) is 1. The van der Waals surface area contributed by atoms with Gasteiger partial charge in [0.1, 0.15) is 11.6 Å². The maximum atomic E-state index is 5.48. The molecule has 5 heteroatoms. The van der Waals surface area contributed by atoms with Crippen LogP contribution in [0.5, 0.6) is 0 Å². The monoisotopic (exact) mass is 360 g/mol. The van der Waals surface area contributed by atoms with Gasteiger partial charge in [-0.2, -0.15) is 0 Å². The number of aromatic nitrogens is 2. The van der Waals surface area contributed by atoms with Crippen LogP contribution in [0.4, 0.5) is 11.6 Å². The molecule has 0 amide bonds. The van der Waals surface area contributed by atoms with E-state index in [9.17, 15) is 0 Å². The molecule has 0 saturated carbocycles. The Bertz CT molecular complexity index is 875. The van der Waals surface area contributed by atoms with Gasteiger partial charge in [0, 0.05) is 31.3 Å². The van der Waals surface area contributed by atoms with Gasteiger partial charge in [-0.15, -0.1) is 0 Å². The van der Waals surface area contributed by atoms with Crippen LogP contribution in [0.1, 0.15) is 11.1 Å². The van der Waals surface area contributed by atoms with Gasteiger partial charge >= 0.3 is 0 Å². The molecular weight excluding hydrogens is 336 g/mol. The van der Waals surface area contributed by atoms with Crippen molar-refractivity contribution in [1.82, 2.24) is 9.97 Å². The topological polar surface area (TPSA) is 50.3 Å². The fourth-order valence-corrected chi connectivity index (χ4v) is 3.09. The van der Waals surface area contributed by atoms with E-state index in [0.717, 1.165) is 55.9 Å². The summed E-state index contributed by atoms with van der Waals surface area (Å²) in [5.74, 6) is 2.52. The first kappa shape index (κ1) is 17.5. The molecule has 27 heavy (non-hydrogen) atoms. The number of nitrogens with one attached hydrogen (secondary N) is 1. The van der Waals surface area contributed by atoms with Gasteiger partial charge in [-0.25, -0.2) is 9.97 Å². The zero-order chi connectivity index (χ0) is 18.5. The second-order valence-electron chi connectivity index (χ2n) is 6.74. The third kappa shape index (κ3) is 4.44. The molecule has 1 N–H and O–H groups in total. The molecule has 1 aromatic heterocycles. The number of anilines is 2. The number of aryl methyl sites for hydroxylation is 1. The fourth-order valence-electron chi connectivity index (χ4n) is 3.09. The van der Waals surface area contributed by atoms with Crippen molar-refractivity contribution < 1.29 is 4.74 Å². The summed E-state index contributed by atoms with van der Waals surface area (Å²) in [6, 6.07) is 20.7. The molecule has 1 aliphatic heterocycles. The van der Waals surface area contributed by atoms with E-state index < -0.39 is 0 Å². The van der Waals surface area contributed by atoms with Crippen molar-refractivity contribution in [3.63, 3.8) is 0 Å². The summed E-state index contributed by atoms with van der Waals surface area (Å²) in [4.78, 5) is 11.8. The number of ether oxygens (including phenoxy) is 1. The molecule has 2 heterocycles. The van der Waals surface area contributed by atoms with Crippen LogP contribution in [-0.4, -0.2) is 36.3 Å². The molecule has 0 bridgehead atoms. The Hall–Kier alpha value is -2.92. The molecule has 0 radical (unpaired) electrons. The zero-order valence-corrected chi connectivity index (χ0v) is 15.6. The molecule has 5 nitrogen and oxygen atoms in total. The van der Waals surface area contributed by atoms with E-state index in [4.69, 9.17) is 14.7 Å². The van der Waals surface area contributed by atoms with E-state index in [0.29, 0.717) is 0 Å². The SMILES string of the molecule is Cc1ccc(CNc2cc(N3CCOCC3)nc(-c3ccccc3)n2)cc1. The molecular formula is C22H24N4O. The maximum absolute atomic E-state index is 5.48. The van der Waals surface area contributed by atoms with Gasteiger partial charge in [-0.05, 0) is 12.5 Å². The predicted octanol–water partition coefficient (Wildman–Crippen LogP) is 3.90. The molecule has 138 valence electrons. The van der Waals surface area contributed by atoms with E-state index in [-0.39, 0.29) is 0 Å². The Morgan fingerprint density at radius 1 is 0.963 bits per heavy atom. The summed E-state index contributed by atoms with van der Waals surface area (Å²) in [5, 5.41) is 3.46. The Morgan fingerprint density at radius 3 is 2.44 bits per heavy atom. The van der Waals surface area contributed by atoms with Crippen LogP contribution < -0.4 is 10.2 Å². The molecule has 0 atom stereocenters. The average Bonchev–Trinajstić information content (AvgIpc) is 2.74. The summed E-state index contributed by atoms with van der Waals surface area (Å²) in [6.07, 6.45) is 0. The second-order valence-corrected chi connectivity index (χ2v) is 6.74. The minimum absolute atomic E-state index is 0.730. The average molecular weight is 360 g/mol. The van der Waals surface area contributed by atoms with Crippen LogP contribution in [-0.2, 0) is 11.3 Å². The van der Waals surface area contributed by atoms with Crippen LogP contribution in [0.15, 0.2) is 60.7 Å². The Balaban J connectivity index is 1.61.